The quantitative estimate of drug-likeness (QED) is 0.849. The van der Waals surface area contributed by atoms with Gasteiger partial charge in [-0.15, -0.1) is 21.5 Å². The van der Waals surface area contributed by atoms with Gasteiger partial charge in [0.05, 0.1) is 0 Å². The smallest absolute Gasteiger partial charge is 0.206 e. The molecule has 2 rings (SSSR count). The highest BCUT2D eigenvalue weighted by Gasteiger charge is 2.12. The number of aromatic nitrogens is 3. The Morgan fingerprint density at radius 1 is 1.21 bits per heavy atom. The lowest BCUT2D eigenvalue weighted by Crippen LogP contribution is -2.21. The number of thiazole rings is 1. The topological polar surface area (TPSA) is 53.9 Å². The molecule has 19 heavy (non-hydrogen) atoms. The van der Waals surface area contributed by atoms with E-state index in [4.69, 9.17) is 0 Å². The minimum atomic E-state index is 0.870. The minimum absolute atomic E-state index is 0.870. The summed E-state index contributed by atoms with van der Waals surface area (Å²) >= 11 is 3.22. The van der Waals surface area contributed by atoms with E-state index in [-0.39, 0.29) is 0 Å². The van der Waals surface area contributed by atoms with E-state index < -0.39 is 0 Å². The van der Waals surface area contributed by atoms with Crippen molar-refractivity contribution < 1.29 is 0 Å². The largest absolute Gasteiger partial charge is 0.360 e. The number of nitrogens with zero attached hydrogens (tertiary/aromatic N) is 4. The van der Waals surface area contributed by atoms with Crippen molar-refractivity contribution in [2.24, 2.45) is 0 Å². The van der Waals surface area contributed by atoms with Crippen molar-refractivity contribution in [3.63, 3.8) is 0 Å². The van der Waals surface area contributed by atoms with Crippen molar-refractivity contribution in [1.82, 2.24) is 15.2 Å². The van der Waals surface area contributed by atoms with Gasteiger partial charge in [0, 0.05) is 25.0 Å². The van der Waals surface area contributed by atoms with Crippen LogP contribution in [0.5, 0.6) is 0 Å². The van der Waals surface area contributed by atoms with Crippen molar-refractivity contribution in [2.45, 2.75) is 27.2 Å². The number of hydrogen-bond acceptors (Lipinski definition) is 7. The number of rotatable bonds is 7. The third-order valence-electron chi connectivity index (χ3n) is 2.70. The van der Waals surface area contributed by atoms with Gasteiger partial charge in [-0.05, 0) is 20.3 Å². The standard InChI is InChI=1S/C12H19N5S2/c1-4-7-13-11-16-15-10(19-11)9-8-18-12(14-9)17(5-2)6-3/h8H,4-7H2,1-3H3,(H,13,16). The van der Waals surface area contributed by atoms with Gasteiger partial charge in [0.15, 0.2) is 10.1 Å². The van der Waals surface area contributed by atoms with Crippen LogP contribution in [0.3, 0.4) is 0 Å². The van der Waals surface area contributed by atoms with Gasteiger partial charge in [0.1, 0.15) is 5.69 Å². The van der Waals surface area contributed by atoms with Crippen LogP contribution in [0.15, 0.2) is 5.38 Å². The molecule has 0 amide bonds. The molecule has 2 aromatic heterocycles. The molecule has 0 unspecified atom stereocenters. The Morgan fingerprint density at radius 2 is 2.00 bits per heavy atom. The van der Waals surface area contributed by atoms with Crippen LogP contribution < -0.4 is 10.2 Å². The van der Waals surface area contributed by atoms with Crippen LogP contribution in [-0.4, -0.2) is 34.8 Å². The second kappa shape index (κ2) is 6.81. The summed E-state index contributed by atoms with van der Waals surface area (Å²) in [5.74, 6) is 0. The molecule has 2 heterocycles. The highest BCUT2D eigenvalue weighted by molar-refractivity contribution is 7.19. The molecule has 0 saturated heterocycles. The monoisotopic (exact) mass is 297 g/mol. The fourth-order valence-corrected chi connectivity index (χ4v) is 3.38. The first-order valence-corrected chi connectivity index (χ1v) is 8.26. The molecule has 5 nitrogen and oxygen atoms in total. The maximum Gasteiger partial charge on any atom is 0.206 e. The van der Waals surface area contributed by atoms with E-state index >= 15 is 0 Å². The lowest BCUT2D eigenvalue weighted by Gasteiger charge is -2.16. The lowest BCUT2D eigenvalue weighted by molar-refractivity contribution is 0.860. The molecule has 2 aromatic rings. The summed E-state index contributed by atoms with van der Waals surface area (Å²) < 4.78 is 0. The zero-order chi connectivity index (χ0) is 13.7. The molecule has 1 N–H and O–H groups in total. The van der Waals surface area contributed by atoms with Crippen molar-refractivity contribution in [3.8, 4) is 10.7 Å². The Morgan fingerprint density at radius 3 is 2.68 bits per heavy atom. The first-order valence-electron chi connectivity index (χ1n) is 6.56. The summed E-state index contributed by atoms with van der Waals surface area (Å²) in [6.45, 7) is 9.29. The number of nitrogens with one attached hydrogen (secondary N) is 1. The normalized spacial score (nSPS) is 10.7. The Hall–Kier alpha value is -1.21. The molecule has 0 aliphatic heterocycles. The summed E-state index contributed by atoms with van der Waals surface area (Å²) in [6, 6.07) is 0. The molecular formula is C12H19N5S2. The molecule has 104 valence electrons. The van der Waals surface area contributed by atoms with Crippen LogP contribution in [-0.2, 0) is 0 Å². The summed E-state index contributed by atoms with van der Waals surface area (Å²) in [5.41, 5.74) is 0.925. The van der Waals surface area contributed by atoms with E-state index in [1.807, 2.05) is 0 Å². The van der Waals surface area contributed by atoms with Gasteiger partial charge in [0.2, 0.25) is 5.13 Å². The third kappa shape index (κ3) is 3.42. The van der Waals surface area contributed by atoms with Crippen LogP contribution in [0.4, 0.5) is 10.3 Å². The second-order valence-corrected chi connectivity index (χ2v) is 5.84. The van der Waals surface area contributed by atoms with Gasteiger partial charge < -0.3 is 10.2 Å². The van der Waals surface area contributed by atoms with Gasteiger partial charge in [-0.1, -0.05) is 18.3 Å². The van der Waals surface area contributed by atoms with Gasteiger partial charge in [-0.25, -0.2) is 4.98 Å². The molecule has 0 aliphatic rings. The first-order chi connectivity index (χ1) is 9.28. The van der Waals surface area contributed by atoms with Gasteiger partial charge in [-0.2, -0.15) is 0 Å². The van der Waals surface area contributed by atoms with Gasteiger partial charge in [-0.3, -0.25) is 0 Å². The van der Waals surface area contributed by atoms with Crippen molar-refractivity contribution in [3.05, 3.63) is 5.38 Å². The Kier molecular flexibility index (Phi) is 5.09. The zero-order valence-electron chi connectivity index (χ0n) is 11.5. The van der Waals surface area contributed by atoms with E-state index in [1.54, 1.807) is 22.7 Å². The fourth-order valence-electron chi connectivity index (χ4n) is 1.63. The van der Waals surface area contributed by atoms with Crippen molar-refractivity contribution in [1.29, 1.82) is 0 Å². The molecule has 0 radical (unpaired) electrons. The molecule has 0 bridgehead atoms. The van der Waals surface area contributed by atoms with Crippen LogP contribution >= 0.6 is 22.7 Å². The van der Waals surface area contributed by atoms with Crippen molar-refractivity contribution >= 4 is 32.9 Å². The summed E-state index contributed by atoms with van der Waals surface area (Å²) in [5, 5.41) is 16.4. The van der Waals surface area contributed by atoms with Crippen molar-refractivity contribution in [2.75, 3.05) is 29.9 Å². The Balaban J connectivity index is 2.11. The summed E-state index contributed by atoms with van der Waals surface area (Å²) in [6.07, 6.45) is 1.08. The molecule has 0 aliphatic carbocycles. The average molecular weight is 297 g/mol. The number of anilines is 2. The highest BCUT2D eigenvalue weighted by Crippen LogP contribution is 2.30. The zero-order valence-corrected chi connectivity index (χ0v) is 13.1. The lowest BCUT2D eigenvalue weighted by atomic mass is 10.5. The molecule has 0 spiro atoms. The highest BCUT2D eigenvalue weighted by atomic mass is 32.1. The molecule has 7 heteroatoms. The second-order valence-electron chi connectivity index (χ2n) is 4.03. The molecule has 0 atom stereocenters. The average Bonchev–Trinajstić information content (AvgIpc) is 3.06. The third-order valence-corrected chi connectivity index (χ3v) is 4.50. The van der Waals surface area contributed by atoms with E-state index in [0.29, 0.717) is 0 Å². The van der Waals surface area contributed by atoms with Crippen LogP contribution in [0, 0.1) is 0 Å². The first kappa shape index (κ1) is 14.2. The van der Waals surface area contributed by atoms with E-state index in [1.165, 1.54) is 0 Å². The Bertz CT molecular complexity index is 504. The fraction of sp³-hybridized carbons (Fsp3) is 0.583. The van der Waals surface area contributed by atoms with Crippen LogP contribution in [0.1, 0.15) is 27.2 Å². The summed E-state index contributed by atoms with van der Waals surface area (Å²) in [7, 11) is 0. The maximum atomic E-state index is 4.64. The van der Waals surface area contributed by atoms with Crippen LogP contribution in [0.2, 0.25) is 0 Å². The van der Waals surface area contributed by atoms with E-state index in [0.717, 1.165) is 47.0 Å². The number of hydrogen-bond donors (Lipinski definition) is 1. The molecular weight excluding hydrogens is 278 g/mol. The maximum absolute atomic E-state index is 4.64. The predicted molar refractivity (Wildman–Crippen MR) is 83.4 cm³/mol. The van der Waals surface area contributed by atoms with Gasteiger partial charge in [0.25, 0.3) is 0 Å². The van der Waals surface area contributed by atoms with Crippen LogP contribution in [0.25, 0.3) is 10.7 Å². The Labute approximate surface area is 121 Å². The summed E-state index contributed by atoms with van der Waals surface area (Å²) in [4.78, 5) is 6.88. The predicted octanol–water partition coefficient (Wildman–Crippen LogP) is 3.33. The molecule has 0 fully saturated rings. The molecule has 0 aromatic carbocycles. The van der Waals surface area contributed by atoms with Gasteiger partial charge >= 0.3 is 0 Å². The SMILES string of the molecule is CCCNc1nnc(-c2csc(N(CC)CC)n2)s1. The van der Waals surface area contributed by atoms with E-state index in [2.05, 4.69) is 51.5 Å². The van der Waals surface area contributed by atoms with E-state index in [9.17, 15) is 0 Å². The molecule has 0 saturated carbocycles. The minimum Gasteiger partial charge on any atom is -0.360 e.